The van der Waals surface area contributed by atoms with Gasteiger partial charge < -0.3 is 9.47 Å². The first-order chi connectivity index (χ1) is 14.7. The summed E-state index contributed by atoms with van der Waals surface area (Å²) in [4.78, 5) is 26.9. The van der Waals surface area contributed by atoms with E-state index < -0.39 is 0 Å². The number of rotatable bonds is 6. The molecule has 0 saturated carbocycles. The Morgan fingerprint density at radius 3 is 2.70 bits per heavy atom. The molecule has 1 unspecified atom stereocenters. The molecule has 2 aromatic heterocycles. The third-order valence-corrected chi connectivity index (χ3v) is 5.94. The molecule has 0 radical (unpaired) electrons. The Morgan fingerprint density at radius 1 is 1.07 bits per heavy atom. The maximum atomic E-state index is 13.2. The Kier molecular flexibility index (Phi) is 6.43. The first-order valence-electron chi connectivity index (χ1n) is 11.0. The summed E-state index contributed by atoms with van der Waals surface area (Å²) < 4.78 is 2.23. The van der Waals surface area contributed by atoms with Gasteiger partial charge in [0.05, 0.1) is 22.6 Å². The number of amides is 1. The van der Waals surface area contributed by atoms with E-state index in [4.69, 9.17) is 4.98 Å². The molecule has 1 aliphatic heterocycles. The van der Waals surface area contributed by atoms with Gasteiger partial charge in [-0.2, -0.15) is 0 Å². The fourth-order valence-corrected chi connectivity index (χ4v) is 4.33. The molecule has 1 aromatic carbocycles. The molecule has 1 fully saturated rings. The Hall–Kier alpha value is -2.73. The summed E-state index contributed by atoms with van der Waals surface area (Å²) in [7, 11) is 0. The maximum absolute atomic E-state index is 13.2. The molecule has 30 heavy (non-hydrogen) atoms. The van der Waals surface area contributed by atoms with E-state index in [0.717, 1.165) is 68.1 Å². The molecule has 6 nitrogen and oxygen atoms in total. The molecule has 1 atom stereocenters. The number of aromatic nitrogens is 3. The maximum Gasteiger partial charge on any atom is 0.227 e. The van der Waals surface area contributed by atoms with E-state index in [1.54, 1.807) is 0 Å². The second kappa shape index (κ2) is 9.39. The van der Waals surface area contributed by atoms with Crippen LogP contribution in [-0.4, -0.2) is 56.4 Å². The normalized spacial score (nSPS) is 16.5. The standard InChI is InChI=1S/C24H31N5O/c1-3-23-26-21-10-4-5-11-22(21)29(23)17-19(2)24(30)28-14-8-13-27(15-16-28)18-20-9-6-7-12-25-20/h4-7,9-12,19H,3,8,13-18H2,1-2H3. The summed E-state index contributed by atoms with van der Waals surface area (Å²) in [5.41, 5.74) is 3.21. The van der Waals surface area contributed by atoms with Crippen LogP contribution in [0.15, 0.2) is 48.7 Å². The van der Waals surface area contributed by atoms with E-state index in [0.29, 0.717) is 6.54 Å². The minimum atomic E-state index is -0.0738. The van der Waals surface area contributed by atoms with Gasteiger partial charge in [0, 0.05) is 51.9 Å². The molecule has 1 aliphatic rings. The van der Waals surface area contributed by atoms with Gasteiger partial charge >= 0.3 is 0 Å². The lowest BCUT2D eigenvalue weighted by Gasteiger charge is -2.25. The Morgan fingerprint density at radius 2 is 1.90 bits per heavy atom. The number of para-hydroxylation sites is 2. The summed E-state index contributed by atoms with van der Waals surface area (Å²) in [5.74, 6) is 1.22. The lowest BCUT2D eigenvalue weighted by molar-refractivity contribution is -0.135. The highest BCUT2D eigenvalue weighted by Crippen LogP contribution is 2.19. The van der Waals surface area contributed by atoms with E-state index in [-0.39, 0.29) is 11.8 Å². The number of carbonyl (C=O) groups excluding carboxylic acids is 1. The third-order valence-electron chi connectivity index (χ3n) is 5.94. The molecule has 0 bridgehead atoms. The lowest BCUT2D eigenvalue weighted by atomic mass is 10.1. The Balaban J connectivity index is 1.40. The number of benzene rings is 1. The number of hydrogen-bond donors (Lipinski definition) is 0. The highest BCUT2D eigenvalue weighted by Gasteiger charge is 2.25. The largest absolute Gasteiger partial charge is 0.341 e. The second-order valence-electron chi connectivity index (χ2n) is 8.16. The van der Waals surface area contributed by atoms with E-state index in [1.165, 1.54) is 0 Å². The predicted molar refractivity (Wildman–Crippen MR) is 119 cm³/mol. The van der Waals surface area contributed by atoms with Crippen LogP contribution in [0.25, 0.3) is 11.0 Å². The SMILES string of the molecule is CCc1nc2ccccc2n1CC(C)C(=O)N1CCCN(Cc2ccccn2)CC1. The molecule has 3 aromatic rings. The molecule has 0 N–H and O–H groups in total. The van der Waals surface area contributed by atoms with Gasteiger partial charge in [0.15, 0.2) is 0 Å². The quantitative estimate of drug-likeness (QED) is 0.631. The zero-order valence-corrected chi connectivity index (χ0v) is 18.0. The number of carbonyl (C=O) groups is 1. The number of pyridine rings is 1. The summed E-state index contributed by atoms with van der Waals surface area (Å²) >= 11 is 0. The lowest BCUT2D eigenvalue weighted by Crippen LogP contribution is -2.39. The summed E-state index contributed by atoms with van der Waals surface area (Å²) in [6.07, 6.45) is 3.70. The van der Waals surface area contributed by atoms with E-state index in [9.17, 15) is 4.79 Å². The number of imidazole rings is 1. The van der Waals surface area contributed by atoms with E-state index in [2.05, 4.69) is 33.5 Å². The summed E-state index contributed by atoms with van der Waals surface area (Å²) in [6.45, 7) is 9.19. The summed E-state index contributed by atoms with van der Waals surface area (Å²) in [5, 5.41) is 0. The molecule has 0 spiro atoms. The van der Waals surface area contributed by atoms with Crippen LogP contribution in [0, 0.1) is 5.92 Å². The first-order valence-corrected chi connectivity index (χ1v) is 11.0. The minimum Gasteiger partial charge on any atom is -0.341 e. The van der Waals surface area contributed by atoms with Crippen molar-refractivity contribution in [2.75, 3.05) is 26.2 Å². The zero-order chi connectivity index (χ0) is 20.9. The molecule has 1 saturated heterocycles. The molecule has 4 rings (SSSR count). The number of hydrogen-bond acceptors (Lipinski definition) is 4. The van der Waals surface area contributed by atoms with Gasteiger partial charge in [0.1, 0.15) is 5.82 Å². The van der Waals surface area contributed by atoms with Crippen molar-refractivity contribution >= 4 is 16.9 Å². The van der Waals surface area contributed by atoms with Crippen LogP contribution in [0.2, 0.25) is 0 Å². The van der Waals surface area contributed by atoms with Crippen LogP contribution < -0.4 is 0 Å². The van der Waals surface area contributed by atoms with E-state index >= 15 is 0 Å². The first kappa shape index (κ1) is 20.5. The molecule has 1 amide bonds. The van der Waals surface area contributed by atoms with Crippen molar-refractivity contribution < 1.29 is 4.79 Å². The number of aryl methyl sites for hydroxylation is 1. The van der Waals surface area contributed by atoms with Gasteiger partial charge in [-0.1, -0.05) is 32.0 Å². The van der Waals surface area contributed by atoms with Gasteiger partial charge in [0.25, 0.3) is 0 Å². The average molecular weight is 406 g/mol. The van der Waals surface area contributed by atoms with Crippen molar-refractivity contribution in [3.05, 3.63) is 60.2 Å². The van der Waals surface area contributed by atoms with Crippen LogP contribution in [0.5, 0.6) is 0 Å². The monoisotopic (exact) mass is 405 g/mol. The van der Waals surface area contributed by atoms with Crippen molar-refractivity contribution in [2.45, 2.75) is 39.8 Å². The van der Waals surface area contributed by atoms with Gasteiger partial charge in [-0.15, -0.1) is 0 Å². The highest BCUT2D eigenvalue weighted by molar-refractivity contribution is 5.79. The van der Waals surface area contributed by atoms with Gasteiger partial charge in [-0.05, 0) is 30.7 Å². The van der Waals surface area contributed by atoms with Crippen molar-refractivity contribution in [1.29, 1.82) is 0 Å². The predicted octanol–water partition coefficient (Wildman–Crippen LogP) is 3.36. The number of nitrogens with zero attached hydrogens (tertiary/aromatic N) is 5. The van der Waals surface area contributed by atoms with Crippen molar-refractivity contribution in [3.8, 4) is 0 Å². The summed E-state index contributed by atoms with van der Waals surface area (Å²) in [6, 6.07) is 14.2. The smallest absolute Gasteiger partial charge is 0.227 e. The average Bonchev–Trinajstić information content (AvgIpc) is 2.96. The second-order valence-corrected chi connectivity index (χ2v) is 8.16. The van der Waals surface area contributed by atoms with Crippen molar-refractivity contribution in [3.63, 3.8) is 0 Å². The van der Waals surface area contributed by atoms with Crippen molar-refractivity contribution in [2.24, 2.45) is 5.92 Å². The van der Waals surface area contributed by atoms with Crippen LogP contribution in [-0.2, 0) is 24.3 Å². The third kappa shape index (κ3) is 4.54. The van der Waals surface area contributed by atoms with Gasteiger partial charge in [-0.3, -0.25) is 14.7 Å². The minimum absolute atomic E-state index is 0.0738. The Labute approximate surface area is 178 Å². The van der Waals surface area contributed by atoms with Crippen molar-refractivity contribution in [1.82, 2.24) is 24.3 Å². The molecule has 158 valence electrons. The fraction of sp³-hybridized carbons (Fsp3) is 0.458. The van der Waals surface area contributed by atoms with Crippen LogP contribution in [0.1, 0.15) is 31.8 Å². The highest BCUT2D eigenvalue weighted by atomic mass is 16.2. The molecule has 0 aliphatic carbocycles. The molecule has 6 heteroatoms. The fourth-order valence-electron chi connectivity index (χ4n) is 4.33. The topological polar surface area (TPSA) is 54.3 Å². The number of fused-ring (bicyclic) bond motifs is 1. The zero-order valence-electron chi connectivity index (χ0n) is 18.0. The van der Waals surface area contributed by atoms with Gasteiger partial charge in [0.2, 0.25) is 5.91 Å². The van der Waals surface area contributed by atoms with E-state index in [1.807, 2.05) is 48.4 Å². The van der Waals surface area contributed by atoms with Crippen LogP contribution in [0.3, 0.4) is 0 Å². The van der Waals surface area contributed by atoms with Gasteiger partial charge in [-0.25, -0.2) is 4.98 Å². The Bertz CT molecular complexity index is 984. The molecular weight excluding hydrogens is 374 g/mol. The van der Waals surface area contributed by atoms with Crippen LogP contribution in [0.4, 0.5) is 0 Å². The molecular formula is C24H31N5O. The van der Waals surface area contributed by atoms with Crippen LogP contribution >= 0.6 is 0 Å². The molecule has 3 heterocycles.